The van der Waals surface area contributed by atoms with Crippen LogP contribution in [-0.2, 0) is 14.9 Å². The molecule has 10 nitrogen and oxygen atoms in total. The molecule has 0 saturated carbocycles. The van der Waals surface area contributed by atoms with E-state index in [1.807, 2.05) is 31.2 Å². The number of hydrogen-bond acceptors (Lipinski definition) is 8. The van der Waals surface area contributed by atoms with Gasteiger partial charge in [0.25, 0.3) is 5.09 Å². The van der Waals surface area contributed by atoms with E-state index in [2.05, 4.69) is 9.99 Å². The molecule has 2 N–H and O–H groups in total. The quantitative estimate of drug-likeness (QED) is 0.333. The molecule has 0 radical (unpaired) electrons. The molecule has 0 saturated heterocycles. The minimum absolute atomic E-state index is 0.0264. The van der Waals surface area contributed by atoms with Gasteiger partial charge in [0.1, 0.15) is 18.9 Å². The normalized spacial score (nSPS) is 11.2. The number of rotatable bonds is 8. The lowest BCUT2D eigenvalue weighted by Gasteiger charge is -2.08. The van der Waals surface area contributed by atoms with E-state index >= 15 is 0 Å². The Morgan fingerprint density at radius 2 is 1.83 bits per heavy atom. The van der Waals surface area contributed by atoms with Crippen LogP contribution < -0.4 is 9.88 Å². The van der Waals surface area contributed by atoms with E-state index < -0.39 is 15.1 Å². The van der Waals surface area contributed by atoms with Gasteiger partial charge in [-0.3, -0.25) is 0 Å². The number of ether oxygens (including phenoxy) is 1. The van der Waals surface area contributed by atoms with Crippen LogP contribution in [0.25, 0.3) is 22.4 Å². The Hall–Kier alpha value is -3.44. The van der Waals surface area contributed by atoms with Gasteiger partial charge in [-0.25, -0.2) is 13.6 Å². The van der Waals surface area contributed by atoms with Crippen LogP contribution in [0.2, 0.25) is 0 Å². The molecule has 0 bridgehead atoms. The van der Waals surface area contributed by atoms with E-state index in [-0.39, 0.29) is 24.1 Å². The molecule has 1 heterocycles. The molecule has 0 amide bonds. The van der Waals surface area contributed by atoms with Crippen molar-refractivity contribution in [3.05, 3.63) is 64.2 Å². The number of primary sulfonamides is 1. The third-order valence-corrected chi connectivity index (χ3v) is 4.97. The summed E-state index contributed by atoms with van der Waals surface area (Å²) in [5.41, 5.74) is 3.25. The van der Waals surface area contributed by atoms with E-state index in [9.17, 15) is 18.5 Å². The fourth-order valence-electron chi connectivity index (χ4n) is 2.71. The largest absolute Gasteiger partial charge is 0.461 e. The number of nitrogens with zero attached hydrogens (tertiary/aromatic N) is 2. The summed E-state index contributed by atoms with van der Waals surface area (Å²) in [7, 11) is -3.84. The first kappa shape index (κ1) is 20.3. The molecule has 1 aromatic heterocycles. The van der Waals surface area contributed by atoms with Gasteiger partial charge in [0.15, 0.2) is 0 Å². The third-order valence-electron chi connectivity index (χ3n) is 4.05. The Balaban J connectivity index is 2.02. The minimum Gasteiger partial charge on any atom is -0.461 e. The molecule has 2 aromatic carbocycles. The van der Waals surface area contributed by atoms with Crippen LogP contribution in [0, 0.1) is 17.0 Å². The number of aromatic nitrogens is 1. The summed E-state index contributed by atoms with van der Waals surface area (Å²) in [5, 5.41) is 18.6. The van der Waals surface area contributed by atoms with Crippen molar-refractivity contribution >= 4 is 10.0 Å². The lowest BCUT2D eigenvalue weighted by atomic mass is 9.98. The lowest BCUT2D eigenvalue weighted by Crippen LogP contribution is -2.11. The zero-order valence-electron chi connectivity index (χ0n) is 15.3. The predicted octanol–water partition coefficient (Wildman–Crippen LogP) is 2.55. The molecule has 3 aromatic rings. The summed E-state index contributed by atoms with van der Waals surface area (Å²) in [6.45, 7) is 1.46. The summed E-state index contributed by atoms with van der Waals surface area (Å²) in [6.07, 6.45) is 0. The van der Waals surface area contributed by atoms with Gasteiger partial charge in [-0.1, -0.05) is 41.6 Å². The smallest absolute Gasteiger partial charge is 0.319 e. The van der Waals surface area contributed by atoms with E-state index in [1.165, 1.54) is 12.1 Å². The Morgan fingerprint density at radius 3 is 2.45 bits per heavy atom. The first-order chi connectivity index (χ1) is 13.8. The number of nitrogens with two attached hydrogens (primary N) is 1. The highest BCUT2D eigenvalue weighted by Crippen LogP contribution is 2.40. The van der Waals surface area contributed by atoms with Crippen LogP contribution in [0.1, 0.15) is 5.56 Å². The lowest BCUT2D eigenvalue weighted by molar-refractivity contribution is -0.757. The molecule has 0 aliphatic heterocycles. The number of hydrogen-bond donors (Lipinski definition) is 1. The monoisotopic (exact) mass is 419 g/mol. The second kappa shape index (κ2) is 8.29. The van der Waals surface area contributed by atoms with E-state index in [0.29, 0.717) is 16.8 Å². The summed E-state index contributed by atoms with van der Waals surface area (Å²) in [5.74, 6) is 0.0264. The maximum Gasteiger partial charge on any atom is 0.319 e. The predicted molar refractivity (Wildman–Crippen MR) is 102 cm³/mol. The van der Waals surface area contributed by atoms with Gasteiger partial charge in [0.2, 0.25) is 10.0 Å². The van der Waals surface area contributed by atoms with Crippen molar-refractivity contribution in [3.8, 4) is 28.3 Å². The van der Waals surface area contributed by atoms with Crippen LogP contribution >= 0.6 is 0 Å². The van der Waals surface area contributed by atoms with Gasteiger partial charge in [-0.2, -0.15) is 0 Å². The average molecular weight is 419 g/mol. The van der Waals surface area contributed by atoms with Crippen molar-refractivity contribution in [1.29, 1.82) is 0 Å². The molecular weight excluding hydrogens is 402 g/mol. The van der Waals surface area contributed by atoms with Gasteiger partial charge < -0.3 is 14.1 Å². The fourth-order valence-corrected chi connectivity index (χ4v) is 3.22. The Bertz CT molecular complexity index is 1120. The number of sulfonamides is 1. The fraction of sp³-hybridized carbons (Fsp3) is 0.167. The van der Waals surface area contributed by atoms with Gasteiger partial charge in [0, 0.05) is 5.56 Å². The van der Waals surface area contributed by atoms with E-state index in [1.54, 1.807) is 12.1 Å². The van der Waals surface area contributed by atoms with Crippen molar-refractivity contribution in [2.45, 2.75) is 11.8 Å². The molecule has 152 valence electrons. The van der Waals surface area contributed by atoms with Crippen molar-refractivity contribution in [2.75, 3.05) is 13.2 Å². The zero-order chi connectivity index (χ0) is 21.0. The van der Waals surface area contributed by atoms with Gasteiger partial charge >= 0.3 is 5.95 Å². The second-order valence-electron chi connectivity index (χ2n) is 5.98. The Morgan fingerprint density at radius 1 is 1.14 bits per heavy atom. The first-order valence-corrected chi connectivity index (χ1v) is 9.91. The summed E-state index contributed by atoms with van der Waals surface area (Å²) < 4.78 is 33.8. The van der Waals surface area contributed by atoms with Crippen molar-refractivity contribution in [2.24, 2.45) is 5.14 Å². The first-order valence-electron chi connectivity index (χ1n) is 8.36. The molecule has 0 unspecified atom stereocenters. The minimum atomic E-state index is -3.84. The molecule has 0 fully saturated rings. The van der Waals surface area contributed by atoms with Crippen LogP contribution in [0.4, 0.5) is 0 Å². The molecule has 0 spiro atoms. The third kappa shape index (κ3) is 4.70. The summed E-state index contributed by atoms with van der Waals surface area (Å²) in [6, 6.07) is 13.3. The van der Waals surface area contributed by atoms with Gasteiger partial charge in [-0.05, 0) is 30.2 Å². The van der Waals surface area contributed by atoms with Gasteiger partial charge in [-0.15, -0.1) is 10.1 Å². The number of benzene rings is 2. The standard InChI is InChI=1S/C18H17N3O7S/c1-12-4-2-3-5-15(12)17-16(13-6-8-14(9-7-13)29(19,24)25)18(28-20-17)26-10-11-27-21(22)23/h2-9H,10-11H2,1H3,(H2,19,24,25). The summed E-state index contributed by atoms with van der Waals surface area (Å²) >= 11 is 0. The second-order valence-corrected chi connectivity index (χ2v) is 7.54. The maximum absolute atomic E-state index is 11.5. The topological polar surface area (TPSA) is 148 Å². The van der Waals surface area contributed by atoms with Crippen LogP contribution in [0.5, 0.6) is 5.95 Å². The van der Waals surface area contributed by atoms with Crippen molar-refractivity contribution < 1.29 is 27.6 Å². The zero-order valence-corrected chi connectivity index (χ0v) is 16.1. The van der Waals surface area contributed by atoms with Crippen molar-refractivity contribution in [3.63, 3.8) is 0 Å². The number of aryl methyl sites for hydroxylation is 1. The molecular formula is C18H17N3O7S. The van der Waals surface area contributed by atoms with Gasteiger partial charge in [0.05, 0.1) is 10.5 Å². The highest BCUT2D eigenvalue weighted by molar-refractivity contribution is 7.89. The van der Waals surface area contributed by atoms with Crippen LogP contribution in [-0.4, -0.2) is 31.9 Å². The Labute approximate surface area is 166 Å². The molecule has 3 rings (SSSR count). The van der Waals surface area contributed by atoms with E-state index in [0.717, 1.165) is 11.1 Å². The molecule has 11 heteroatoms. The average Bonchev–Trinajstić information content (AvgIpc) is 3.08. The molecule has 0 aliphatic carbocycles. The van der Waals surface area contributed by atoms with E-state index in [4.69, 9.17) is 14.4 Å². The Kier molecular flexibility index (Phi) is 5.80. The highest BCUT2D eigenvalue weighted by atomic mass is 32.2. The maximum atomic E-state index is 11.5. The molecule has 0 atom stereocenters. The van der Waals surface area contributed by atoms with Crippen LogP contribution in [0.3, 0.4) is 0 Å². The summed E-state index contributed by atoms with van der Waals surface area (Å²) in [4.78, 5) is 14.5. The van der Waals surface area contributed by atoms with Crippen LogP contribution in [0.15, 0.2) is 57.9 Å². The highest BCUT2D eigenvalue weighted by Gasteiger charge is 2.22. The SMILES string of the molecule is Cc1ccccc1-c1noc(OCCO[N+](=O)[O-])c1-c1ccc(S(N)(=O)=O)cc1. The van der Waals surface area contributed by atoms with Crippen molar-refractivity contribution in [1.82, 2.24) is 5.16 Å². The molecule has 29 heavy (non-hydrogen) atoms. The molecule has 0 aliphatic rings.